The molecule has 1 rings (SSSR count). The smallest absolute Gasteiger partial charge is 0.229 e. The summed E-state index contributed by atoms with van der Waals surface area (Å²) in [6, 6.07) is 9.07. The lowest BCUT2D eigenvalue weighted by Crippen LogP contribution is -1.87. The van der Waals surface area contributed by atoms with Crippen molar-refractivity contribution < 1.29 is 4.79 Å². The molecule has 0 aliphatic rings. The molecule has 0 fully saturated rings. The van der Waals surface area contributed by atoms with E-state index in [2.05, 4.69) is 11.7 Å². The SMILES string of the molecule is O=C(SS)c1ccccc1.S. The van der Waals surface area contributed by atoms with Gasteiger partial charge in [-0.3, -0.25) is 4.79 Å². The highest BCUT2D eigenvalue weighted by Crippen LogP contribution is 2.14. The highest BCUT2D eigenvalue weighted by Gasteiger charge is 2.00. The molecule has 0 atom stereocenters. The predicted molar refractivity (Wildman–Crippen MR) is 57.7 cm³/mol. The number of carbonyl (C=O) groups is 1. The van der Waals surface area contributed by atoms with Crippen LogP contribution < -0.4 is 0 Å². The monoisotopic (exact) mass is 204 g/mol. The van der Waals surface area contributed by atoms with Crippen molar-refractivity contribution in [3.63, 3.8) is 0 Å². The molecule has 0 aromatic heterocycles. The number of benzene rings is 1. The highest BCUT2D eigenvalue weighted by molar-refractivity contribution is 8.75. The van der Waals surface area contributed by atoms with Crippen LogP contribution in [0.1, 0.15) is 10.4 Å². The van der Waals surface area contributed by atoms with Gasteiger partial charge in [-0.1, -0.05) is 30.3 Å². The topological polar surface area (TPSA) is 17.1 Å². The summed E-state index contributed by atoms with van der Waals surface area (Å²) in [5.74, 6) is 0. The van der Waals surface area contributed by atoms with E-state index in [1.54, 1.807) is 12.1 Å². The van der Waals surface area contributed by atoms with Gasteiger partial charge >= 0.3 is 0 Å². The lowest BCUT2D eigenvalue weighted by Gasteiger charge is -1.92. The van der Waals surface area contributed by atoms with Crippen LogP contribution >= 0.6 is 36.0 Å². The van der Waals surface area contributed by atoms with E-state index in [0.717, 1.165) is 10.8 Å². The largest absolute Gasteiger partial charge is 0.281 e. The summed E-state index contributed by atoms with van der Waals surface area (Å²) in [5, 5.41) is -0.0102. The zero-order valence-electron chi connectivity index (χ0n) is 5.65. The molecule has 0 saturated carbocycles. The lowest BCUT2D eigenvalue weighted by molar-refractivity contribution is 0.109. The van der Waals surface area contributed by atoms with E-state index in [9.17, 15) is 4.79 Å². The van der Waals surface area contributed by atoms with E-state index in [4.69, 9.17) is 0 Å². The maximum Gasteiger partial charge on any atom is 0.229 e. The maximum atomic E-state index is 10.9. The number of rotatable bonds is 1. The van der Waals surface area contributed by atoms with E-state index in [1.165, 1.54) is 0 Å². The van der Waals surface area contributed by atoms with Gasteiger partial charge in [-0.15, -0.1) is 11.7 Å². The summed E-state index contributed by atoms with van der Waals surface area (Å²) in [5.41, 5.74) is 0.697. The van der Waals surface area contributed by atoms with Gasteiger partial charge in [-0.25, -0.2) is 0 Å². The van der Waals surface area contributed by atoms with Crippen LogP contribution in [0.25, 0.3) is 0 Å². The van der Waals surface area contributed by atoms with Crippen molar-refractivity contribution in [1.29, 1.82) is 0 Å². The molecule has 0 N–H and O–H groups in total. The third kappa shape index (κ3) is 3.22. The van der Waals surface area contributed by atoms with Gasteiger partial charge < -0.3 is 0 Å². The fourth-order valence-corrected chi connectivity index (χ4v) is 1.18. The van der Waals surface area contributed by atoms with Crippen molar-refractivity contribution in [2.45, 2.75) is 0 Å². The Morgan fingerprint density at radius 1 is 1.27 bits per heavy atom. The number of hydrogen-bond acceptors (Lipinski definition) is 3. The lowest BCUT2D eigenvalue weighted by atomic mass is 10.2. The Balaban J connectivity index is 0.000001000. The first-order valence-corrected chi connectivity index (χ1v) is 4.62. The minimum Gasteiger partial charge on any atom is -0.281 e. The average Bonchev–Trinajstić information content (AvgIpc) is 2.05. The number of hydrogen-bond donors (Lipinski definition) is 1. The zero-order valence-corrected chi connectivity index (χ0v) is 8.36. The average molecular weight is 204 g/mol. The molecule has 1 aromatic rings. The van der Waals surface area contributed by atoms with Gasteiger partial charge in [-0.05, 0) is 10.8 Å². The van der Waals surface area contributed by atoms with Crippen LogP contribution in [0.3, 0.4) is 0 Å². The summed E-state index contributed by atoms with van der Waals surface area (Å²) in [4.78, 5) is 10.9. The van der Waals surface area contributed by atoms with Crippen LogP contribution in [0.15, 0.2) is 30.3 Å². The molecule has 0 bridgehead atoms. The van der Waals surface area contributed by atoms with Gasteiger partial charge in [0.25, 0.3) is 0 Å². The summed E-state index contributed by atoms with van der Waals surface area (Å²) >= 11 is 3.79. The second kappa shape index (κ2) is 5.57. The maximum absolute atomic E-state index is 10.9. The van der Waals surface area contributed by atoms with E-state index in [1.807, 2.05) is 18.2 Å². The van der Waals surface area contributed by atoms with Gasteiger partial charge in [0.15, 0.2) is 0 Å². The number of carbonyl (C=O) groups excluding carboxylic acids is 1. The van der Waals surface area contributed by atoms with E-state index < -0.39 is 0 Å². The molecule has 0 saturated heterocycles. The Hall–Kier alpha value is -0.0600. The van der Waals surface area contributed by atoms with Crippen molar-refractivity contribution in [3.05, 3.63) is 35.9 Å². The molecule has 0 amide bonds. The van der Waals surface area contributed by atoms with Gasteiger partial charge in [0.1, 0.15) is 0 Å². The highest BCUT2D eigenvalue weighted by atomic mass is 33.1. The second-order valence-corrected chi connectivity index (χ2v) is 2.85. The summed E-state index contributed by atoms with van der Waals surface area (Å²) < 4.78 is 0. The first kappa shape index (κ1) is 10.9. The molecule has 0 aliphatic carbocycles. The quantitative estimate of drug-likeness (QED) is 0.559. The third-order valence-corrected chi connectivity index (χ3v) is 1.99. The normalized spacial score (nSPS) is 8.45. The minimum atomic E-state index is -0.0102. The van der Waals surface area contributed by atoms with E-state index in [0.29, 0.717) is 5.56 Å². The summed E-state index contributed by atoms with van der Waals surface area (Å²) in [7, 11) is 0.933. The first-order valence-electron chi connectivity index (χ1n) is 2.75. The second-order valence-electron chi connectivity index (χ2n) is 1.74. The summed E-state index contributed by atoms with van der Waals surface area (Å²) in [6.07, 6.45) is 0. The molecule has 4 heteroatoms. The van der Waals surface area contributed by atoms with Crippen molar-refractivity contribution in [1.82, 2.24) is 0 Å². The van der Waals surface area contributed by atoms with Crippen LogP contribution in [0, 0.1) is 0 Å². The van der Waals surface area contributed by atoms with Crippen LogP contribution in [0.2, 0.25) is 0 Å². The van der Waals surface area contributed by atoms with E-state index in [-0.39, 0.29) is 18.6 Å². The first-order chi connectivity index (χ1) is 4.84. The van der Waals surface area contributed by atoms with Crippen molar-refractivity contribution in [2.24, 2.45) is 0 Å². The zero-order chi connectivity index (χ0) is 7.40. The minimum absolute atomic E-state index is 0. The van der Waals surface area contributed by atoms with Gasteiger partial charge in [0.2, 0.25) is 5.12 Å². The van der Waals surface area contributed by atoms with Crippen LogP contribution in [0.4, 0.5) is 0 Å². The fourth-order valence-electron chi connectivity index (χ4n) is 0.627. The standard InChI is InChI=1S/C7H6OS2.H2S/c8-7(10-9)6-4-2-1-3-5-6;/h1-5,9H;1H2. The summed E-state index contributed by atoms with van der Waals surface area (Å²) in [6.45, 7) is 0. The Kier molecular flexibility index (Phi) is 5.54. The Morgan fingerprint density at radius 2 is 1.82 bits per heavy atom. The van der Waals surface area contributed by atoms with Crippen LogP contribution in [-0.2, 0) is 0 Å². The van der Waals surface area contributed by atoms with Crippen LogP contribution in [0.5, 0.6) is 0 Å². The van der Waals surface area contributed by atoms with E-state index >= 15 is 0 Å². The van der Waals surface area contributed by atoms with Gasteiger partial charge in [-0.2, -0.15) is 13.5 Å². The molecule has 0 radical (unpaired) electrons. The molecule has 60 valence electrons. The predicted octanol–water partition coefficient (Wildman–Crippen LogP) is 2.52. The van der Waals surface area contributed by atoms with Crippen LogP contribution in [-0.4, -0.2) is 5.12 Å². The van der Waals surface area contributed by atoms with Crippen molar-refractivity contribution in [2.75, 3.05) is 0 Å². The number of thiol groups is 1. The molecule has 1 nitrogen and oxygen atoms in total. The molecule has 0 aliphatic heterocycles. The third-order valence-electron chi connectivity index (χ3n) is 1.09. The molecule has 0 spiro atoms. The molecular formula is C7H8OS3. The molecule has 0 unspecified atom stereocenters. The molecular weight excluding hydrogens is 196 g/mol. The van der Waals surface area contributed by atoms with Crippen molar-refractivity contribution >= 4 is 41.1 Å². The van der Waals surface area contributed by atoms with Crippen molar-refractivity contribution in [3.8, 4) is 0 Å². The Morgan fingerprint density at radius 3 is 2.27 bits per heavy atom. The Bertz CT molecular complexity index is 222. The fraction of sp³-hybridized carbons (Fsp3) is 0. The Labute approximate surface area is 81.8 Å². The molecule has 11 heavy (non-hydrogen) atoms. The molecule has 0 heterocycles. The molecule has 1 aromatic carbocycles. The van der Waals surface area contributed by atoms with Gasteiger partial charge in [0.05, 0.1) is 0 Å². The van der Waals surface area contributed by atoms with Gasteiger partial charge in [0, 0.05) is 5.56 Å².